The van der Waals surface area contributed by atoms with E-state index in [2.05, 4.69) is 35.6 Å². The second-order valence-corrected chi connectivity index (χ2v) is 7.67. The molecule has 0 spiro atoms. The first-order chi connectivity index (χ1) is 12.2. The van der Waals surface area contributed by atoms with Crippen LogP contribution in [0.15, 0.2) is 48.5 Å². The van der Waals surface area contributed by atoms with Crippen LogP contribution in [0.4, 0.5) is 4.79 Å². The summed E-state index contributed by atoms with van der Waals surface area (Å²) in [5.41, 5.74) is 3.56. The molecule has 2 atom stereocenters. The van der Waals surface area contributed by atoms with Crippen LogP contribution in [-0.2, 0) is 24.1 Å². The van der Waals surface area contributed by atoms with Crippen LogP contribution in [0.1, 0.15) is 24.5 Å². The van der Waals surface area contributed by atoms with Crippen molar-refractivity contribution in [3.63, 3.8) is 0 Å². The molecule has 26 heavy (non-hydrogen) atoms. The number of amides is 2. The number of carbonyl (C=O) groups excluding carboxylic acids is 2. The molecular formula is C20H20NNaO3S. The van der Waals surface area contributed by atoms with Crippen molar-refractivity contribution < 1.29 is 45.3 Å². The van der Waals surface area contributed by atoms with Crippen molar-refractivity contribution in [1.82, 2.24) is 5.32 Å². The fourth-order valence-electron chi connectivity index (χ4n) is 3.39. The Labute approximate surface area is 180 Å². The molecular weight excluding hydrogens is 357 g/mol. The monoisotopic (exact) mass is 377 g/mol. The van der Waals surface area contributed by atoms with Crippen molar-refractivity contribution in [3.05, 3.63) is 65.2 Å². The number of benzene rings is 2. The molecule has 1 N–H and O–H groups in total. The van der Waals surface area contributed by atoms with Crippen molar-refractivity contribution >= 4 is 22.9 Å². The van der Waals surface area contributed by atoms with Gasteiger partial charge in [-0.25, -0.2) is 0 Å². The molecule has 2 amide bonds. The molecule has 2 aromatic carbocycles. The molecule has 2 heterocycles. The van der Waals surface area contributed by atoms with Gasteiger partial charge in [0.1, 0.15) is 11.9 Å². The first kappa shape index (κ1) is 19.5. The smallest absolute Gasteiger partial charge is 1.00 e. The maximum Gasteiger partial charge on any atom is 1.00 e. The minimum absolute atomic E-state index is 0. The number of ether oxygens (including phenoxy) is 1. The average molecular weight is 377 g/mol. The molecule has 0 bridgehead atoms. The Morgan fingerprint density at radius 2 is 1.88 bits per heavy atom. The molecule has 2 aliphatic heterocycles. The number of imide groups is 1. The summed E-state index contributed by atoms with van der Waals surface area (Å²) in [5.74, 6) is 0.752. The van der Waals surface area contributed by atoms with Crippen molar-refractivity contribution in [1.29, 1.82) is 0 Å². The van der Waals surface area contributed by atoms with Crippen molar-refractivity contribution in [2.24, 2.45) is 0 Å². The van der Waals surface area contributed by atoms with Crippen molar-refractivity contribution in [3.8, 4) is 5.75 Å². The first-order valence-electron chi connectivity index (χ1n) is 8.51. The van der Waals surface area contributed by atoms with Gasteiger partial charge in [-0.1, -0.05) is 54.2 Å². The third-order valence-electron chi connectivity index (χ3n) is 4.65. The van der Waals surface area contributed by atoms with Gasteiger partial charge in [0.05, 0.1) is 5.25 Å². The van der Waals surface area contributed by atoms with E-state index in [-0.39, 0.29) is 53.5 Å². The quantitative estimate of drug-likeness (QED) is 0.795. The van der Waals surface area contributed by atoms with Crippen LogP contribution in [0.5, 0.6) is 5.75 Å². The molecule has 1 saturated heterocycles. The maximum atomic E-state index is 11.7. The molecule has 1 fully saturated rings. The van der Waals surface area contributed by atoms with Gasteiger partial charge in [0, 0.05) is 6.42 Å². The van der Waals surface area contributed by atoms with Gasteiger partial charge in [-0.2, -0.15) is 0 Å². The van der Waals surface area contributed by atoms with E-state index in [1.807, 2.05) is 18.2 Å². The summed E-state index contributed by atoms with van der Waals surface area (Å²) < 4.78 is 6.16. The van der Waals surface area contributed by atoms with Crippen LogP contribution in [-0.4, -0.2) is 22.5 Å². The van der Waals surface area contributed by atoms with Crippen LogP contribution in [0.2, 0.25) is 0 Å². The number of aryl methyl sites for hydroxylation is 1. The van der Waals surface area contributed by atoms with Gasteiger partial charge in [0.15, 0.2) is 0 Å². The fraction of sp³-hybridized carbons (Fsp3) is 0.300. The number of hydrogen-bond acceptors (Lipinski definition) is 4. The Morgan fingerprint density at radius 3 is 2.62 bits per heavy atom. The topological polar surface area (TPSA) is 55.4 Å². The summed E-state index contributed by atoms with van der Waals surface area (Å²) in [6, 6.07) is 16.5. The summed E-state index contributed by atoms with van der Waals surface area (Å²) in [6.45, 7) is 0. The van der Waals surface area contributed by atoms with E-state index in [1.165, 1.54) is 11.1 Å². The summed E-state index contributed by atoms with van der Waals surface area (Å²) in [5, 5.41) is 1.77. The van der Waals surface area contributed by atoms with Crippen LogP contribution in [0.25, 0.3) is 0 Å². The van der Waals surface area contributed by atoms with E-state index in [4.69, 9.17) is 4.74 Å². The fourth-order valence-corrected chi connectivity index (χ4v) is 4.25. The molecule has 4 nitrogen and oxygen atoms in total. The Kier molecular flexibility index (Phi) is 6.46. The standard InChI is InChI=1S/C20H19NO3S.Na.H/c22-19-18(25-20(23)21-19)12-14-6-9-17-15(10-14)7-8-16(24-17)11-13-4-2-1-3-5-13;;/h1-6,9-10,16,18H,7-8,11-12H2,(H,21,22,23);;/q;+1;-1/t16-,18?;;/m1../s1. The number of nitrogens with one attached hydrogen (secondary N) is 1. The van der Waals surface area contributed by atoms with E-state index in [1.54, 1.807) is 0 Å². The SMILES string of the molecule is O=C1NC(=O)C(Cc2ccc3c(c2)CC[C@H](Cc2ccccc2)O3)S1.[H-].[Na+]. The first-order valence-corrected chi connectivity index (χ1v) is 9.39. The van der Waals surface area contributed by atoms with Gasteiger partial charge in [0.25, 0.3) is 5.24 Å². The molecule has 6 heteroatoms. The van der Waals surface area contributed by atoms with E-state index < -0.39 is 0 Å². The molecule has 1 unspecified atom stereocenters. The summed E-state index contributed by atoms with van der Waals surface area (Å²) in [6.07, 6.45) is 3.66. The Morgan fingerprint density at radius 1 is 1.08 bits per heavy atom. The van der Waals surface area contributed by atoms with Crippen molar-refractivity contribution in [2.45, 2.75) is 37.0 Å². The molecule has 2 aromatic rings. The maximum absolute atomic E-state index is 11.7. The molecule has 4 rings (SSSR count). The molecule has 0 saturated carbocycles. The zero-order valence-corrected chi connectivity index (χ0v) is 17.6. The average Bonchev–Trinajstić information content (AvgIpc) is 2.93. The van der Waals surface area contributed by atoms with Gasteiger partial charge < -0.3 is 6.16 Å². The van der Waals surface area contributed by atoms with E-state index in [0.717, 1.165) is 42.3 Å². The second-order valence-electron chi connectivity index (χ2n) is 6.50. The zero-order valence-electron chi connectivity index (χ0n) is 15.7. The van der Waals surface area contributed by atoms with Gasteiger partial charge in [0.2, 0.25) is 5.91 Å². The van der Waals surface area contributed by atoms with Gasteiger partial charge in [-0.3, -0.25) is 14.9 Å². The Hall–Kier alpha value is -1.27. The number of thioether (sulfide) groups is 1. The predicted octanol–water partition coefficient (Wildman–Crippen LogP) is 0.633. The largest absolute Gasteiger partial charge is 1.00 e. The third kappa shape index (κ3) is 4.52. The third-order valence-corrected chi connectivity index (χ3v) is 5.63. The summed E-state index contributed by atoms with van der Waals surface area (Å²) in [7, 11) is 0. The van der Waals surface area contributed by atoms with E-state index in [9.17, 15) is 9.59 Å². The molecule has 0 aliphatic carbocycles. The number of hydrogen-bond donors (Lipinski definition) is 1. The van der Waals surface area contributed by atoms with Crippen LogP contribution < -0.4 is 39.6 Å². The Balaban J connectivity index is 0.00000131. The minimum atomic E-state index is -0.319. The normalized spacial score (nSPS) is 21.4. The van der Waals surface area contributed by atoms with Crippen molar-refractivity contribution in [2.75, 3.05) is 0 Å². The van der Waals surface area contributed by atoms with Crippen LogP contribution in [0, 0.1) is 0 Å². The van der Waals surface area contributed by atoms with Crippen LogP contribution in [0.3, 0.4) is 0 Å². The van der Waals surface area contributed by atoms with Gasteiger partial charge >= 0.3 is 29.6 Å². The summed E-state index contributed by atoms with van der Waals surface area (Å²) in [4.78, 5) is 23.0. The number of carbonyl (C=O) groups is 2. The van der Waals surface area contributed by atoms with E-state index in [0.29, 0.717) is 6.42 Å². The van der Waals surface area contributed by atoms with Gasteiger partial charge in [-0.15, -0.1) is 0 Å². The predicted molar refractivity (Wildman–Crippen MR) is 99.1 cm³/mol. The van der Waals surface area contributed by atoms with Crippen LogP contribution >= 0.6 is 11.8 Å². The van der Waals surface area contributed by atoms with E-state index >= 15 is 0 Å². The molecule has 0 radical (unpaired) electrons. The second kappa shape index (κ2) is 8.61. The Bertz CT molecular complexity index is 818. The zero-order chi connectivity index (χ0) is 17.2. The number of fused-ring (bicyclic) bond motifs is 1. The molecule has 2 aliphatic rings. The molecule has 130 valence electrons. The van der Waals surface area contributed by atoms with Gasteiger partial charge in [-0.05, 0) is 42.0 Å². The summed E-state index contributed by atoms with van der Waals surface area (Å²) >= 11 is 1.08. The number of rotatable bonds is 4. The molecule has 0 aromatic heterocycles. The minimum Gasteiger partial charge on any atom is -1.00 e.